The first-order chi connectivity index (χ1) is 19.7. The van der Waals surface area contributed by atoms with Crippen molar-refractivity contribution in [2.45, 2.75) is 57.3 Å². The summed E-state index contributed by atoms with van der Waals surface area (Å²) in [6, 6.07) is 24.2. The summed E-state index contributed by atoms with van der Waals surface area (Å²) in [5.74, 6) is -0.627. The third kappa shape index (κ3) is 10.8. The fourth-order valence-corrected chi connectivity index (χ4v) is 6.26. The lowest BCUT2D eigenvalue weighted by molar-refractivity contribution is -0.150. The average Bonchev–Trinajstić information content (AvgIpc) is 2.97. The van der Waals surface area contributed by atoms with Crippen LogP contribution < -0.4 is 5.32 Å². The molecule has 0 aliphatic carbocycles. The number of hydrogen-bond acceptors (Lipinski definition) is 6. The predicted molar refractivity (Wildman–Crippen MR) is 166 cm³/mol. The summed E-state index contributed by atoms with van der Waals surface area (Å²) in [4.78, 5) is 25.7. The van der Waals surface area contributed by atoms with Gasteiger partial charge >= 0.3 is 12.1 Å². The summed E-state index contributed by atoms with van der Waals surface area (Å²) in [6.45, 7) is 4.52. The number of nitrogens with zero attached hydrogens (tertiary/aromatic N) is 1. The maximum atomic E-state index is 13.8. The van der Waals surface area contributed by atoms with Gasteiger partial charge in [-0.05, 0) is 83.2 Å². The highest BCUT2D eigenvalue weighted by atomic mass is 127. The summed E-state index contributed by atoms with van der Waals surface area (Å²) in [7, 11) is -3.99. The van der Waals surface area contributed by atoms with Gasteiger partial charge in [0.05, 0.1) is 4.90 Å². The van der Waals surface area contributed by atoms with Crippen LogP contribution in [-0.2, 0) is 37.5 Å². The van der Waals surface area contributed by atoms with E-state index >= 15 is 0 Å². The topological polar surface area (TPSA) is 102 Å². The lowest BCUT2D eigenvalue weighted by Gasteiger charge is -2.31. The number of nitrogens with one attached hydrogen (secondary N) is 1. The molecule has 8 nitrogen and oxygen atoms in total. The van der Waals surface area contributed by atoms with Crippen LogP contribution in [0.5, 0.6) is 0 Å². The average molecular weight is 693 g/mol. The van der Waals surface area contributed by atoms with Gasteiger partial charge in [0.1, 0.15) is 19.3 Å². The van der Waals surface area contributed by atoms with E-state index in [0.717, 1.165) is 14.7 Å². The predicted octanol–water partition coefficient (Wildman–Crippen LogP) is 6.15. The van der Waals surface area contributed by atoms with E-state index in [1.54, 1.807) is 24.3 Å². The third-order valence-electron chi connectivity index (χ3n) is 6.20. The highest BCUT2D eigenvalue weighted by Crippen LogP contribution is 2.24. The zero-order valence-corrected chi connectivity index (χ0v) is 26.3. The van der Waals surface area contributed by atoms with Crippen molar-refractivity contribution in [1.82, 2.24) is 9.62 Å². The van der Waals surface area contributed by atoms with Crippen molar-refractivity contribution in [3.8, 4) is 0 Å². The summed E-state index contributed by atoms with van der Waals surface area (Å²) in [5.41, 5.74) is 1.70. The molecular weight excluding hydrogens is 655 g/mol. The van der Waals surface area contributed by atoms with E-state index in [-0.39, 0.29) is 37.0 Å². The first kappa shape index (κ1) is 32.6. The third-order valence-corrected chi connectivity index (χ3v) is 8.80. The van der Waals surface area contributed by atoms with E-state index in [4.69, 9.17) is 9.47 Å². The van der Waals surface area contributed by atoms with Gasteiger partial charge in [0, 0.05) is 16.7 Å². The number of sulfonamides is 1. The Balaban J connectivity index is 1.68. The van der Waals surface area contributed by atoms with Crippen molar-refractivity contribution in [1.29, 1.82) is 0 Å². The largest absolute Gasteiger partial charge is 0.460 e. The second-order valence-electron chi connectivity index (χ2n) is 10.0. The fourth-order valence-electron chi connectivity index (χ4n) is 4.13. The van der Waals surface area contributed by atoms with Crippen LogP contribution in [0.1, 0.15) is 44.2 Å². The Morgan fingerprint density at radius 3 is 1.95 bits per heavy atom. The van der Waals surface area contributed by atoms with Gasteiger partial charge in [0.15, 0.2) is 0 Å². The minimum Gasteiger partial charge on any atom is -0.460 e. The van der Waals surface area contributed by atoms with Gasteiger partial charge in [-0.2, -0.15) is 4.31 Å². The molecule has 0 aromatic heterocycles. The molecule has 0 heterocycles. The molecular formula is C31H37IN2O6S. The summed E-state index contributed by atoms with van der Waals surface area (Å²) < 4.78 is 40.7. The van der Waals surface area contributed by atoms with Crippen LogP contribution in [0.25, 0.3) is 0 Å². The molecule has 0 saturated carbocycles. The number of benzene rings is 3. The van der Waals surface area contributed by atoms with Gasteiger partial charge in [-0.25, -0.2) is 13.2 Å². The highest BCUT2D eigenvalue weighted by molar-refractivity contribution is 14.1. The molecule has 10 heteroatoms. The Labute approximate surface area is 256 Å². The van der Waals surface area contributed by atoms with E-state index < -0.39 is 28.1 Å². The van der Waals surface area contributed by atoms with Gasteiger partial charge < -0.3 is 14.8 Å². The Hall–Kier alpha value is -2.96. The minimum atomic E-state index is -3.99. The van der Waals surface area contributed by atoms with E-state index in [0.29, 0.717) is 19.4 Å². The van der Waals surface area contributed by atoms with Crippen molar-refractivity contribution >= 4 is 44.7 Å². The van der Waals surface area contributed by atoms with Gasteiger partial charge in [0.2, 0.25) is 10.0 Å². The molecule has 0 aliphatic rings. The molecule has 1 atom stereocenters. The van der Waals surface area contributed by atoms with Crippen LogP contribution >= 0.6 is 22.6 Å². The number of amides is 1. The molecule has 0 radical (unpaired) electrons. The number of rotatable bonds is 15. The molecule has 0 aliphatic heterocycles. The summed E-state index contributed by atoms with van der Waals surface area (Å²) in [6.07, 6.45) is 0.725. The molecule has 0 spiro atoms. The second-order valence-corrected chi connectivity index (χ2v) is 13.2. The molecule has 220 valence electrons. The summed E-state index contributed by atoms with van der Waals surface area (Å²) >= 11 is 2.12. The maximum absolute atomic E-state index is 13.8. The normalized spacial score (nSPS) is 12.2. The smallest absolute Gasteiger partial charge is 0.407 e. The van der Waals surface area contributed by atoms with Gasteiger partial charge in [-0.3, -0.25) is 4.79 Å². The van der Waals surface area contributed by atoms with E-state index in [2.05, 4.69) is 27.9 Å². The number of halogens is 1. The first-order valence-electron chi connectivity index (χ1n) is 13.6. The van der Waals surface area contributed by atoms with Crippen molar-refractivity contribution < 1.29 is 27.5 Å². The zero-order chi connectivity index (χ0) is 29.7. The summed E-state index contributed by atoms with van der Waals surface area (Å²) in [5, 5.41) is 2.72. The van der Waals surface area contributed by atoms with Crippen LogP contribution in [0, 0.1) is 9.49 Å². The minimum absolute atomic E-state index is 0.0286. The standard InChI is InChI=1S/C31H37IN2O6S/c1-24(2)21-34(41(37,38)28-18-16-27(32)17-19-28)29(30(35)39-22-25-11-5-3-6-12-25)15-9-10-20-33-31(36)40-23-26-13-7-4-8-14-26/h3-8,11-14,16-19,24,29H,9-10,15,20-23H2,1-2H3,(H,33,36)/t29-/m0/s1. The van der Waals surface area contributed by atoms with E-state index in [9.17, 15) is 18.0 Å². The van der Waals surface area contributed by atoms with Crippen LogP contribution in [0.3, 0.4) is 0 Å². The molecule has 0 unspecified atom stereocenters. The molecule has 1 amide bonds. The number of carbonyl (C=O) groups is 2. The number of esters is 1. The Morgan fingerprint density at radius 1 is 0.829 bits per heavy atom. The lowest BCUT2D eigenvalue weighted by atomic mass is 10.1. The van der Waals surface area contributed by atoms with Gasteiger partial charge in [-0.15, -0.1) is 0 Å². The Kier molecular flexibility index (Phi) is 13.1. The van der Waals surface area contributed by atoms with Crippen LogP contribution in [-0.4, -0.2) is 43.9 Å². The monoisotopic (exact) mass is 692 g/mol. The molecule has 3 rings (SSSR count). The van der Waals surface area contributed by atoms with E-state index in [1.807, 2.05) is 74.5 Å². The molecule has 3 aromatic carbocycles. The number of carbonyl (C=O) groups excluding carboxylic acids is 2. The van der Waals surface area contributed by atoms with Gasteiger partial charge in [0.25, 0.3) is 0 Å². The van der Waals surface area contributed by atoms with Crippen LogP contribution in [0.4, 0.5) is 4.79 Å². The zero-order valence-electron chi connectivity index (χ0n) is 23.4. The quantitative estimate of drug-likeness (QED) is 0.117. The first-order valence-corrected chi connectivity index (χ1v) is 16.1. The maximum Gasteiger partial charge on any atom is 0.407 e. The number of hydrogen-bond donors (Lipinski definition) is 1. The van der Waals surface area contributed by atoms with Crippen molar-refractivity contribution in [2.24, 2.45) is 5.92 Å². The lowest BCUT2D eigenvalue weighted by Crippen LogP contribution is -2.47. The number of ether oxygens (including phenoxy) is 2. The van der Waals surface area contributed by atoms with Crippen LogP contribution in [0.2, 0.25) is 0 Å². The van der Waals surface area contributed by atoms with E-state index in [1.165, 1.54) is 4.31 Å². The molecule has 41 heavy (non-hydrogen) atoms. The molecule has 1 N–H and O–H groups in total. The molecule has 3 aromatic rings. The highest BCUT2D eigenvalue weighted by Gasteiger charge is 2.37. The van der Waals surface area contributed by atoms with Crippen molar-refractivity contribution in [2.75, 3.05) is 13.1 Å². The fraction of sp³-hybridized carbons (Fsp3) is 0.355. The van der Waals surface area contributed by atoms with Crippen molar-refractivity contribution in [3.63, 3.8) is 0 Å². The molecule has 0 fully saturated rings. The Morgan fingerprint density at radius 2 is 1.39 bits per heavy atom. The SMILES string of the molecule is CC(C)CN([C@@H](CCCCNC(=O)OCc1ccccc1)C(=O)OCc1ccccc1)S(=O)(=O)c1ccc(I)cc1. The van der Waals surface area contributed by atoms with Gasteiger partial charge in [-0.1, -0.05) is 74.5 Å². The van der Waals surface area contributed by atoms with Crippen LogP contribution in [0.15, 0.2) is 89.8 Å². The molecule has 0 bridgehead atoms. The number of alkyl carbamates (subject to hydrolysis) is 1. The number of unbranched alkanes of at least 4 members (excludes halogenated alkanes) is 1. The van der Waals surface area contributed by atoms with Crippen molar-refractivity contribution in [3.05, 3.63) is 99.6 Å². The second kappa shape index (κ2) is 16.5. The Bertz CT molecular complexity index is 1340. The molecule has 0 saturated heterocycles.